The molecule has 6 heterocycles. The molecule has 0 aliphatic carbocycles. The Morgan fingerprint density at radius 1 is 0.737 bits per heavy atom. The Morgan fingerprint density at radius 3 is 1.61 bits per heavy atom. The SMILES string of the molecule is CN1CC[C@@](O)(C#Cc2cccc(-n3nc(C(N)=O)c4cnccc43)c2)C1=O.COC(=O)c1nn(-c2cccc(C#C[C@]3(O)CCN(C)C3=O)c2)c2ccncc12. The number of nitrogens with zero attached hydrogens (tertiary/aromatic N) is 8. The third kappa shape index (κ3) is 7.26. The summed E-state index contributed by atoms with van der Waals surface area (Å²) >= 11 is 0. The number of primary amides is 1. The van der Waals surface area contributed by atoms with Crippen LogP contribution in [0.15, 0.2) is 85.5 Å². The number of aromatic nitrogens is 6. The number of benzene rings is 2. The summed E-state index contributed by atoms with van der Waals surface area (Å²) in [4.78, 5) is 58.9. The molecule has 8 rings (SSSR count). The van der Waals surface area contributed by atoms with Crippen LogP contribution in [-0.2, 0) is 14.3 Å². The Balaban J connectivity index is 0.000000174. The van der Waals surface area contributed by atoms with Crippen molar-refractivity contribution < 1.29 is 34.1 Å². The van der Waals surface area contributed by atoms with Gasteiger partial charge in [-0.25, -0.2) is 14.2 Å². The summed E-state index contributed by atoms with van der Waals surface area (Å²) in [5, 5.41) is 30.7. The van der Waals surface area contributed by atoms with Crippen LogP contribution in [0.1, 0.15) is 44.9 Å². The third-order valence-corrected chi connectivity index (χ3v) is 9.60. The highest BCUT2D eigenvalue weighted by atomic mass is 16.5. The molecule has 2 aliphatic heterocycles. The number of likely N-dealkylation sites (N-methyl/N-ethyl adjacent to an activating group) is 2. The molecule has 0 spiro atoms. The van der Waals surface area contributed by atoms with Crippen LogP contribution in [0, 0.1) is 23.7 Å². The fourth-order valence-corrected chi connectivity index (χ4v) is 6.47. The van der Waals surface area contributed by atoms with Crippen LogP contribution in [0.3, 0.4) is 0 Å². The Bertz CT molecular complexity index is 2740. The van der Waals surface area contributed by atoms with E-state index in [9.17, 15) is 29.4 Å². The third-order valence-electron chi connectivity index (χ3n) is 9.60. The van der Waals surface area contributed by atoms with E-state index < -0.39 is 34.9 Å². The van der Waals surface area contributed by atoms with Gasteiger partial charge in [-0.05, 0) is 48.5 Å². The van der Waals surface area contributed by atoms with Gasteiger partial charge in [0.1, 0.15) is 0 Å². The lowest BCUT2D eigenvalue weighted by Gasteiger charge is -2.13. The maximum atomic E-state index is 12.1. The number of amides is 3. The second-order valence-electron chi connectivity index (χ2n) is 13.4. The summed E-state index contributed by atoms with van der Waals surface area (Å²) < 4.78 is 8.01. The lowest BCUT2D eigenvalue weighted by Crippen LogP contribution is -2.37. The van der Waals surface area contributed by atoms with E-state index in [0.29, 0.717) is 57.4 Å². The molecule has 2 saturated heterocycles. The molecule has 2 aliphatic rings. The lowest BCUT2D eigenvalue weighted by atomic mass is 10.0. The Hall–Kier alpha value is -7.40. The number of esters is 1. The average Bonchev–Trinajstić information content (AvgIpc) is 3.96. The van der Waals surface area contributed by atoms with Gasteiger partial charge in [-0.3, -0.25) is 24.4 Å². The number of aliphatic hydroxyl groups is 2. The molecule has 3 amide bonds. The fraction of sp³-hybridized carbons (Fsp3) is 0.220. The Kier molecular flexibility index (Phi) is 9.99. The first-order valence-corrected chi connectivity index (χ1v) is 17.6. The number of rotatable bonds is 4. The summed E-state index contributed by atoms with van der Waals surface area (Å²) in [6, 6.07) is 17.8. The van der Waals surface area contributed by atoms with Gasteiger partial charge >= 0.3 is 5.97 Å². The molecule has 6 aromatic rings. The first kappa shape index (κ1) is 37.9. The number of hydrogen-bond donors (Lipinski definition) is 3. The van der Waals surface area contributed by atoms with Crippen molar-refractivity contribution in [2.45, 2.75) is 24.0 Å². The molecule has 4 aromatic heterocycles. The Labute approximate surface area is 325 Å². The molecule has 2 aromatic carbocycles. The minimum absolute atomic E-state index is 0.133. The largest absolute Gasteiger partial charge is 0.464 e. The Morgan fingerprint density at radius 2 is 1.19 bits per heavy atom. The molecule has 0 radical (unpaired) electrons. The number of carbonyl (C=O) groups is 4. The summed E-state index contributed by atoms with van der Waals surface area (Å²) in [6.07, 6.45) is 6.87. The van der Waals surface area contributed by atoms with E-state index in [2.05, 4.69) is 43.8 Å². The van der Waals surface area contributed by atoms with Crippen LogP contribution in [0.5, 0.6) is 0 Å². The van der Waals surface area contributed by atoms with Crippen molar-refractivity contribution in [2.24, 2.45) is 5.73 Å². The maximum absolute atomic E-state index is 12.1. The van der Waals surface area contributed by atoms with Gasteiger partial charge in [0.2, 0.25) is 11.2 Å². The topological polar surface area (TPSA) is 212 Å². The van der Waals surface area contributed by atoms with Gasteiger partial charge in [0.05, 0.1) is 40.3 Å². The van der Waals surface area contributed by atoms with E-state index in [0.717, 1.165) is 0 Å². The van der Waals surface area contributed by atoms with Gasteiger partial charge < -0.3 is 30.5 Å². The fourth-order valence-electron chi connectivity index (χ4n) is 6.47. The molecule has 2 fully saturated rings. The van der Waals surface area contributed by atoms with Gasteiger partial charge in [-0.15, -0.1) is 0 Å². The predicted molar refractivity (Wildman–Crippen MR) is 206 cm³/mol. The van der Waals surface area contributed by atoms with Crippen molar-refractivity contribution in [3.8, 4) is 35.1 Å². The predicted octanol–water partition coefficient (Wildman–Crippen LogP) is 1.62. The van der Waals surface area contributed by atoms with Gasteiger partial charge in [-0.1, -0.05) is 35.8 Å². The standard InChI is InChI=1S/C21H18N4O4.C20H17N5O3/c1-24-11-9-21(28,20(24)27)8-6-14-4-3-5-15(12-14)25-17-7-10-22-13-16(17)18(23-25)19(26)29-2;1-24-10-8-20(28,19(24)27)7-5-13-3-2-4-14(11-13)25-16-6-9-22-12-15(16)17(23-25)18(21)26/h3-5,7,10,12-13,28H,9,11H2,1-2H3;2-4,6,9,11-12,28H,8,10H2,1H3,(H2,21,26)/t21-;20-/m00/s1. The van der Waals surface area contributed by atoms with Crippen molar-refractivity contribution in [1.29, 1.82) is 0 Å². The molecule has 4 N–H and O–H groups in total. The van der Waals surface area contributed by atoms with Gasteiger partial charge in [0, 0.05) is 75.9 Å². The highest BCUT2D eigenvalue weighted by Gasteiger charge is 2.43. The first-order valence-electron chi connectivity index (χ1n) is 17.6. The minimum Gasteiger partial charge on any atom is -0.464 e. The van der Waals surface area contributed by atoms with Crippen molar-refractivity contribution >= 4 is 45.5 Å². The zero-order valence-electron chi connectivity index (χ0n) is 31.0. The number of pyridine rings is 2. The molecule has 0 saturated carbocycles. The average molecular weight is 766 g/mol. The number of methoxy groups -OCH3 is 1. The summed E-state index contributed by atoms with van der Waals surface area (Å²) in [5.74, 6) is 9.17. The van der Waals surface area contributed by atoms with Gasteiger partial charge in [0.15, 0.2) is 11.4 Å². The van der Waals surface area contributed by atoms with Crippen molar-refractivity contribution in [3.63, 3.8) is 0 Å². The van der Waals surface area contributed by atoms with Gasteiger partial charge in [-0.2, -0.15) is 10.2 Å². The number of hydrogen-bond acceptors (Lipinski definition) is 11. The second kappa shape index (κ2) is 15.0. The van der Waals surface area contributed by atoms with E-state index in [1.165, 1.54) is 16.9 Å². The highest BCUT2D eigenvalue weighted by Crippen LogP contribution is 2.25. The molecule has 286 valence electrons. The minimum atomic E-state index is -1.66. The smallest absolute Gasteiger partial charge is 0.359 e. The molecular formula is C41H35N9O7. The van der Waals surface area contributed by atoms with Crippen LogP contribution < -0.4 is 5.73 Å². The molecule has 2 atom stereocenters. The second-order valence-corrected chi connectivity index (χ2v) is 13.4. The van der Waals surface area contributed by atoms with Crippen molar-refractivity contribution in [3.05, 3.63) is 108 Å². The molecule has 16 heteroatoms. The van der Waals surface area contributed by atoms with Gasteiger partial charge in [0.25, 0.3) is 17.7 Å². The van der Waals surface area contributed by atoms with E-state index in [4.69, 9.17) is 10.5 Å². The molecule has 0 bridgehead atoms. The zero-order valence-corrected chi connectivity index (χ0v) is 31.0. The monoisotopic (exact) mass is 765 g/mol. The number of nitrogens with two attached hydrogens (primary N) is 1. The number of carbonyl (C=O) groups excluding carboxylic acids is 4. The summed E-state index contributed by atoms with van der Waals surface area (Å²) in [7, 11) is 4.57. The van der Waals surface area contributed by atoms with E-state index in [-0.39, 0.29) is 24.2 Å². The van der Waals surface area contributed by atoms with E-state index in [1.54, 1.807) is 96.8 Å². The van der Waals surface area contributed by atoms with Crippen LogP contribution >= 0.6 is 0 Å². The zero-order chi connectivity index (χ0) is 40.5. The van der Waals surface area contributed by atoms with Crippen LogP contribution in [-0.4, -0.2) is 119 Å². The molecule has 57 heavy (non-hydrogen) atoms. The molecular weight excluding hydrogens is 731 g/mol. The van der Waals surface area contributed by atoms with Crippen molar-refractivity contribution in [2.75, 3.05) is 34.3 Å². The number of ether oxygens (including phenoxy) is 1. The van der Waals surface area contributed by atoms with E-state index >= 15 is 0 Å². The summed E-state index contributed by atoms with van der Waals surface area (Å²) in [6.45, 7) is 0.931. The maximum Gasteiger partial charge on any atom is 0.359 e. The summed E-state index contributed by atoms with van der Waals surface area (Å²) in [5.41, 5.74) is 6.33. The lowest BCUT2D eigenvalue weighted by molar-refractivity contribution is -0.138. The normalized spacial score (nSPS) is 18.8. The first-order chi connectivity index (χ1) is 27.3. The van der Waals surface area contributed by atoms with E-state index in [1.807, 2.05) is 12.1 Å². The van der Waals surface area contributed by atoms with Crippen LogP contribution in [0.4, 0.5) is 0 Å². The van der Waals surface area contributed by atoms with Crippen molar-refractivity contribution in [1.82, 2.24) is 39.3 Å². The molecule has 16 nitrogen and oxygen atoms in total. The number of fused-ring (bicyclic) bond motifs is 2. The van der Waals surface area contributed by atoms with Crippen LogP contribution in [0.2, 0.25) is 0 Å². The quantitative estimate of drug-likeness (QED) is 0.173. The highest BCUT2D eigenvalue weighted by molar-refractivity contribution is 6.04. The van der Waals surface area contributed by atoms with Crippen LogP contribution in [0.25, 0.3) is 33.2 Å². The molecule has 0 unspecified atom stereocenters. The number of likely N-dealkylation sites (tertiary alicyclic amines) is 2.